The number of carboxylic acid groups (broad SMARTS) is 1. The smallest absolute Gasteiger partial charge is 0.356 e. The van der Waals surface area contributed by atoms with Crippen molar-refractivity contribution in [2.24, 2.45) is 0 Å². The van der Waals surface area contributed by atoms with Crippen LogP contribution in [0.5, 0.6) is 0 Å². The number of aromatic carboxylic acids is 1. The van der Waals surface area contributed by atoms with Gasteiger partial charge in [-0.3, -0.25) is 0 Å². The molecule has 0 amide bonds. The lowest BCUT2D eigenvalue weighted by Gasteiger charge is -2.07. The first-order valence-electron chi connectivity index (χ1n) is 5.16. The molecule has 0 spiro atoms. The lowest BCUT2D eigenvalue weighted by molar-refractivity contribution is 0.0690. The van der Waals surface area contributed by atoms with Gasteiger partial charge in [0.15, 0.2) is 5.69 Å². The summed E-state index contributed by atoms with van der Waals surface area (Å²) in [6.07, 6.45) is 0. The number of aromatic nitrogens is 2. The van der Waals surface area contributed by atoms with Crippen LogP contribution in [0.3, 0.4) is 0 Å². The van der Waals surface area contributed by atoms with E-state index in [1.165, 1.54) is 13.0 Å². The van der Waals surface area contributed by atoms with Gasteiger partial charge in [-0.25, -0.2) is 18.3 Å². The Morgan fingerprint density at radius 1 is 1.22 bits per heavy atom. The Kier molecular flexibility index (Phi) is 2.86. The molecule has 1 heterocycles. The first-order chi connectivity index (χ1) is 8.40. The Bertz CT molecular complexity index is 635. The summed E-state index contributed by atoms with van der Waals surface area (Å²) in [7, 11) is 0. The van der Waals surface area contributed by atoms with E-state index in [1.54, 1.807) is 6.92 Å². The summed E-state index contributed by atoms with van der Waals surface area (Å²) in [6.45, 7) is 3.01. The lowest BCUT2D eigenvalue weighted by Crippen LogP contribution is -2.05. The molecule has 0 fully saturated rings. The van der Waals surface area contributed by atoms with E-state index in [9.17, 15) is 13.6 Å². The molecule has 2 rings (SSSR count). The molecule has 0 radical (unpaired) electrons. The van der Waals surface area contributed by atoms with Gasteiger partial charge in [0.05, 0.1) is 0 Å². The minimum atomic E-state index is -1.22. The molecule has 0 saturated heterocycles. The maximum atomic E-state index is 13.7. The molecule has 0 saturated carbocycles. The standard InChI is InChI=1S/C12H10F2N2O2/c1-6-3-9(14)11(5-8(6)13)16-7(2)4-10(15-16)12(17)18/h3-5H,1-2H3,(H,17,18). The maximum Gasteiger partial charge on any atom is 0.356 e. The number of carboxylic acids is 1. The molecule has 0 atom stereocenters. The first-order valence-corrected chi connectivity index (χ1v) is 5.16. The average molecular weight is 252 g/mol. The largest absolute Gasteiger partial charge is 0.476 e. The molecule has 1 aromatic heterocycles. The Morgan fingerprint density at radius 2 is 1.89 bits per heavy atom. The summed E-state index contributed by atoms with van der Waals surface area (Å²) in [5, 5.41) is 12.5. The van der Waals surface area contributed by atoms with Crippen LogP contribution in [0, 0.1) is 25.5 Å². The van der Waals surface area contributed by atoms with Crippen molar-refractivity contribution in [2.75, 3.05) is 0 Å². The van der Waals surface area contributed by atoms with Gasteiger partial charge >= 0.3 is 5.97 Å². The molecule has 0 unspecified atom stereocenters. The van der Waals surface area contributed by atoms with Gasteiger partial charge in [0.2, 0.25) is 0 Å². The highest BCUT2D eigenvalue weighted by Gasteiger charge is 2.15. The van der Waals surface area contributed by atoms with Gasteiger partial charge in [0.25, 0.3) is 0 Å². The van der Waals surface area contributed by atoms with Crippen LogP contribution in [0.25, 0.3) is 5.69 Å². The summed E-state index contributed by atoms with van der Waals surface area (Å²) in [5.74, 6) is -2.44. The monoisotopic (exact) mass is 252 g/mol. The Hall–Kier alpha value is -2.24. The van der Waals surface area contributed by atoms with Crippen molar-refractivity contribution in [3.63, 3.8) is 0 Å². The molecule has 1 aromatic carbocycles. The van der Waals surface area contributed by atoms with Gasteiger partial charge in [-0.1, -0.05) is 0 Å². The zero-order valence-electron chi connectivity index (χ0n) is 9.74. The molecule has 4 nitrogen and oxygen atoms in total. The number of aryl methyl sites for hydroxylation is 2. The summed E-state index contributed by atoms with van der Waals surface area (Å²) in [6, 6.07) is 3.34. The highest BCUT2D eigenvalue weighted by molar-refractivity contribution is 5.85. The van der Waals surface area contributed by atoms with Crippen molar-refractivity contribution in [3.8, 4) is 5.69 Å². The van der Waals surface area contributed by atoms with Crippen LogP contribution in [0.4, 0.5) is 8.78 Å². The predicted octanol–water partition coefficient (Wildman–Crippen LogP) is 2.47. The van der Waals surface area contributed by atoms with Crippen LogP contribution < -0.4 is 0 Å². The van der Waals surface area contributed by atoms with Crippen LogP contribution in [0.2, 0.25) is 0 Å². The highest BCUT2D eigenvalue weighted by atomic mass is 19.1. The molecule has 94 valence electrons. The van der Waals surface area contributed by atoms with Crippen LogP contribution >= 0.6 is 0 Å². The summed E-state index contributed by atoms with van der Waals surface area (Å²) < 4.78 is 28.2. The molecule has 0 aliphatic rings. The van der Waals surface area contributed by atoms with Crippen LogP contribution in [-0.2, 0) is 0 Å². The molecule has 2 aromatic rings. The Balaban J connectivity index is 2.62. The second kappa shape index (κ2) is 4.21. The third kappa shape index (κ3) is 1.97. The quantitative estimate of drug-likeness (QED) is 0.893. The summed E-state index contributed by atoms with van der Waals surface area (Å²) in [5.41, 5.74) is 0.269. The number of benzene rings is 1. The average Bonchev–Trinajstić information content (AvgIpc) is 2.66. The van der Waals surface area contributed by atoms with Gasteiger partial charge in [-0.15, -0.1) is 0 Å². The van der Waals surface area contributed by atoms with Crippen molar-refractivity contribution < 1.29 is 18.7 Å². The number of rotatable bonds is 2. The second-order valence-corrected chi connectivity index (χ2v) is 3.94. The van der Waals surface area contributed by atoms with E-state index in [0.29, 0.717) is 5.69 Å². The number of hydrogen-bond acceptors (Lipinski definition) is 2. The van der Waals surface area contributed by atoms with E-state index in [-0.39, 0.29) is 16.9 Å². The second-order valence-electron chi connectivity index (χ2n) is 3.94. The van der Waals surface area contributed by atoms with Crippen molar-refractivity contribution in [3.05, 3.63) is 46.8 Å². The van der Waals surface area contributed by atoms with Crippen LogP contribution in [-0.4, -0.2) is 20.9 Å². The zero-order valence-corrected chi connectivity index (χ0v) is 9.74. The van der Waals surface area contributed by atoms with E-state index in [4.69, 9.17) is 5.11 Å². The topological polar surface area (TPSA) is 55.1 Å². The molecule has 0 aliphatic heterocycles. The van der Waals surface area contributed by atoms with Crippen molar-refractivity contribution in [1.29, 1.82) is 0 Å². The van der Waals surface area contributed by atoms with Gasteiger partial charge in [-0.2, -0.15) is 5.10 Å². The van der Waals surface area contributed by atoms with Crippen molar-refractivity contribution in [1.82, 2.24) is 9.78 Å². The molecule has 6 heteroatoms. The molecular formula is C12H10F2N2O2. The van der Waals surface area contributed by atoms with E-state index < -0.39 is 17.6 Å². The molecule has 0 aliphatic carbocycles. The number of hydrogen-bond donors (Lipinski definition) is 1. The zero-order chi connectivity index (χ0) is 13.4. The van der Waals surface area contributed by atoms with Crippen molar-refractivity contribution in [2.45, 2.75) is 13.8 Å². The highest BCUT2D eigenvalue weighted by Crippen LogP contribution is 2.19. The normalized spacial score (nSPS) is 10.7. The Labute approximate surface area is 101 Å². The fourth-order valence-corrected chi connectivity index (χ4v) is 1.62. The van der Waals surface area contributed by atoms with Gasteiger partial charge in [-0.05, 0) is 31.5 Å². The van der Waals surface area contributed by atoms with Crippen LogP contribution in [0.1, 0.15) is 21.7 Å². The van der Waals surface area contributed by atoms with E-state index >= 15 is 0 Å². The van der Waals surface area contributed by atoms with E-state index in [2.05, 4.69) is 5.10 Å². The number of halogens is 2. The minimum Gasteiger partial charge on any atom is -0.476 e. The molecular weight excluding hydrogens is 242 g/mol. The summed E-state index contributed by atoms with van der Waals surface area (Å²) in [4.78, 5) is 10.8. The van der Waals surface area contributed by atoms with E-state index in [0.717, 1.165) is 16.8 Å². The number of carbonyl (C=O) groups is 1. The van der Waals surface area contributed by atoms with Gasteiger partial charge < -0.3 is 5.11 Å². The third-order valence-corrected chi connectivity index (χ3v) is 2.56. The fourth-order valence-electron chi connectivity index (χ4n) is 1.62. The lowest BCUT2D eigenvalue weighted by atomic mass is 10.2. The summed E-state index contributed by atoms with van der Waals surface area (Å²) >= 11 is 0. The fraction of sp³-hybridized carbons (Fsp3) is 0.167. The van der Waals surface area contributed by atoms with Gasteiger partial charge in [0, 0.05) is 11.8 Å². The first kappa shape index (κ1) is 12.2. The van der Waals surface area contributed by atoms with Crippen molar-refractivity contribution >= 4 is 5.97 Å². The third-order valence-electron chi connectivity index (χ3n) is 2.56. The Morgan fingerprint density at radius 3 is 2.44 bits per heavy atom. The minimum absolute atomic E-state index is 0.108. The number of nitrogens with zero attached hydrogens (tertiary/aromatic N) is 2. The van der Waals surface area contributed by atoms with E-state index in [1.807, 2.05) is 0 Å². The van der Waals surface area contributed by atoms with Crippen LogP contribution in [0.15, 0.2) is 18.2 Å². The molecule has 18 heavy (non-hydrogen) atoms. The predicted molar refractivity (Wildman–Crippen MR) is 59.9 cm³/mol. The van der Waals surface area contributed by atoms with Gasteiger partial charge in [0.1, 0.15) is 17.3 Å². The SMILES string of the molecule is Cc1cc(F)c(-n2nc(C(=O)O)cc2C)cc1F. The maximum absolute atomic E-state index is 13.7. The molecule has 0 bridgehead atoms. The molecule has 1 N–H and O–H groups in total.